The van der Waals surface area contributed by atoms with Crippen molar-refractivity contribution >= 4 is 0 Å². The molecule has 1 heterocycles. The second kappa shape index (κ2) is 5.58. The van der Waals surface area contributed by atoms with Crippen LogP contribution in [0.3, 0.4) is 0 Å². The summed E-state index contributed by atoms with van der Waals surface area (Å²) >= 11 is 0. The SMILES string of the molecule is CCN(CC)CC1CNCC1CO. The Bertz CT molecular complexity index is 137. The summed E-state index contributed by atoms with van der Waals surface area (Å²) in [6, 6.07) is 0. The van der Waals surface area contributed by atoms with Gasteiger partial charge in [-0.05, 0) is 31.5 Å². The van der Waals surface area contributed by atoms with E-state index in [-0.39, 0.29) is 0 Å². The van der Waals surface area contributed by atoms with Crippen LogP contribution in [0.15, 0.2) is 0 Å². The minimum absolute atomic E-state index is 0.332. The zero-order valence-corrected chi connectivity index (χ0v) is 8.79. The Labute approximate surface area is 81.1 Å². The van der Waals surface area contributed by atoms with Gasteiger partial charge in [-0.2, -0.15) is 0 Å². The number of aliphatic hydroxyl groups is 1. The van der Waals surface area contributed by atoms with Crippen molar-refractivity contribution in [2.75, 3.05) is 39.3 Å². The summed E-state index contributed by atoms with van der Waals surface area (Å²) in [5.74, 6) is 1.12. The van der Waals surface area contributed by atoms with Crippen molar-refractivity contribution in [1.82, 2.24) is 10.2 Å². The maximum atomic E-state index is 9.14. The van der Waals surface area contributed by atoms with E-state index in [4.69, 9.17) is 5.11 Å². The molecule has 0 spiro atoms. The Kier molecular flexibility index (Phi) is 4.70. The lowest BCUT2D eigenvalue weighted by Gasteiger charge is -2.24. The van der Waals surface area contributed by atoms with Crippen LogP contribution in [-0.4, -0.2) is 49.3 Å². The summed E-state index contributed by atoms with van der Waals surface area (Å²) in [5.41, 5.74) is 0. The molecule has 3 heteroatoms. The maximum absolute atomic E-state index is 9.14. The fourth-order valence-corrected chi connectivity index (χ4v) is 2.03. The number of nitrogens with one attached hydrogen (secondary N) is 1. The number of rotatable bonds is 5. The molecule has 0 saturated carbocycles. The quantitative estimate of drug-likeness (QED) is 0.642. The Morgan fingerprint density at radius 3 is 2.38 bits per heavy atom. The first-order chi connectivity index (χ1) is 6.31. The predicted octanol–water partition coefficient (Wildman–Crippen LogP) is 0.156. The number of hydrogen-bond donors (Lipinski definition) is 2. The molecular weight excluding hydrogens is 164 g/mol. The van der Waals surface area contributed by atoms with Crippen LogP contribution >= 0.6 is 0 Å². The first-order valence-electron chi connectivity index (χ1n) is 5.35. The second-order valence-corrected chi connectivity index (χ2v) is 3.85. The molecule has 1 rings (SSSR count). The molecule has 1 fully saturated rings. The molecule has 0 bridgehead atoms. The highest BCUT2D eigenvalue weighted by Gasteiger charge is 2.27. The lowest BCUT2D eigenvalue weighted by molar-refractivity contribution is 0.169. The summed E-state index contributed by atoms with van der Waals surface area (Å²) in [6.45, 7) is 10.1. The molecule has 2 atom stereocenters. The largest absolute Gasteiger partial charge is 0.396 e. The first kappa shape index (κ1) is 11.0. The van der Waals surface area contributed by atoms with Crippen LogP contribution in [0.4, 0.5) is 0 Å². The molecule has 0 radical (unpaired) electrons. The van der Waals surface area contributed by atoms with Crippen LogP contribution in [0, 0.1) is 11.8 Å². The number of aliphatic hydroxyl groups excluding tert-OH is 1. The van der Waals surface area contributed by atoms with Gasteiger partial charge in [0, 0.05) is 19.7 Å². The number of nitrogens with zero attached hydrogens (tertiary/aromatic N) is 1. The van der Waals surface area contributed by atoms with E-state index >= 15 is 0 Å². The van der Waals surface area contributed by atoms with Crippen LogP contribution in [0.2, 0.25) is 0 Å². The lowest BCUT2D eigenvalue weighted by atomic mass is 9.96. The van der Waals surface area contributed by atoms with E-state index < -0.39 is 0 Å². The molecule has 2 unspecified atom stereocenters. The van der Waals surface area contributed by atoms with Crippen LogP contribution in [-0.2, 0) is 0 Å². The van der Waals surface area contributed by atoms with Gasteiger partial charge in [0.1, 0.15) is 0 Å². The van der Waals surface area contributed by atoms with E-state index in [0.29, 0.717) is 18.4 Å². The van der Waals surface area contributed by atoms with Crippen LogP contribution < -0.4 is 5.32 Å². The molecule has 0 aromatic rings. The summed E-state index contributed by atoms with van der Waals surface area (Å²) in [6.07, 6.45) is 0. The monoisotopic (exact) mass is 186 g/mol. The van der Waals surface area contributed by atoms with E-state index in [2.05, 4.69) is 24.1 Å². The zero-order chi connectivity index (χ0) is 9.68. The fraction of sp³-hybridized carbons (Fsp3) is 1.00. The number of hydrogen-bond acceptors (Lipinski definition) is 3. The third-order valence-electron chi connectivity index (χ3n) is 3.10. The lowest BCUT2D eigenvalue weighted by Crippen LogP contribution is -2.33. The van der Waals surface area contributed by atoms with E-state index in [1.807, 2.05) is 0 Å². The van der Waals surface area contributed by atoms with Gasteiger partial charge in [-0.3, -0.25) is 0 Å². The van der Waals surface area contributed by atoms with Gasteiger partial charge in [0.2, 0.25) is 0 Å². The Balaban J connectivity index is 2.33. The molecular formula is C10H22N2O. The molecule has 1 saturated heterocycles. The first-order valence-corrected chi connectivity index (χ1v) is 5.35. The molecule has 1 aliphatic rings. The smallest absolute Gasteiger partial charge is 0.0475 e. The summed E-state index contributed by atoms with van der Waals surface area (Å²) in [5, 5.41) is 12.5. The molecule has 2 N–H and O–H groups in total. The van der Waals surface area contributed by atoms with E-state index in [1.165, 1.54) is 0 Å². The van der Waals surface area contributed by atoms with E-state index in [1.54, 1.807) is 0 Å². The van der Waals surface area contributed by atoms with Crippen molar-refractivity contribution in [3.05, 3.63) is 0 Å². The summed E-state index contributed by atoms with van der Waals surface area (Å²) in [4.78, 5) is 2.43. The standard InChI is InChI=1S/C10H22N2O/c1-3-12(4-2)7-9-5-11-6-10(9)8-13/h9-11,13H,3-8H2,1-2H3. The van der Waals surface area contributed by atoms with Crippen molar-refractivity contribution in [2.24, 2.45) is 11.8 Å². The Hall–Kier alpha value is -0.120. The minimum atomic E-state index is 0.332. The summed E-state index contributed by atoms with van der Waals surface area (Å²) < 4.78 is 0. The van der Waals surface area contributed by atoms with E-state index in [0.717, 1.165) is 32.7 Å². The maximum Gasteiger partial charge on any atom is 0.0475 e. The molecule has 13 heavy (non-hydrogen) atoms. The second-order valence-electron chi connectivity index (χ2n) is 3.85. The highest BCUT2D eigenvalue weighted by Crippen LogP contribution is 2.17. The van der Waals surface area contributed by atoms with Gasteiger partial charge >= 0.3 is 0 Å². The minimum Gasteiger partial charge on any atom is -0.396 e. The average Bonchev–Trinajstić information content (AvgIpc) is 2.61. The van der Waals surface area contributed by atoms with Crippen molar-refractivity contribution < 1.29 is 5.11 Å². The van der Waals surface area contributed by atoms with Crippen LogP contribution in [0.25, 0.3) is 0 Å². The normalized spacial score (nSPS) is 28.6. The average molecular weight is 186 g/mol. The highest BCUT2D eigenvalue weighted by molar-refractivity contribution is 4.82. The van der Waals surface area contributed by atoms with Crippen molar-refractivity contribution in [3.63, 3.8) is 0 Å². The molecule has 3 nitrogen and oxygen atoms in total. The molecule has 0 aliphatic carbocycles. The third-order valence-corrected chi connectivity index (χ3v) is 3.10. The van der Waals surface area contributed by atoms with Gasteiger partial charge < -0.3 is 15.3 Å². The Morgan fingerprint density at radius 2 is 1.85 bits per heavy atom. The Morgan fingerprint density at radius 1 is 1.23 bits per heavy atom. The van der Waals surface area contributed by atoms with Gasteiger partial charge in [0.15, 0.2) is 0 Å². The molecule has 0 amide bonds. The van der Waals surface area contributed by atoms with Gasteiger partial charge in [-0.15, -0.1) is 0 Å². The molecule has 1 aliphatic heterocycles. The van der Waals surface area contributed by atoms with Crippen LogP contribution in [0.5, 0.6) is 0 Å². The van der Waals surface area contributed by atoms with E-state index in [9.17, 15) is 0 Å². The summed E-state index contributed by atoms with van der Waals surface area (Å²) in [7, 11) is 0. The molecule has 78 valence electrons. The third kappa shape index (κ3) is 2.93. The van der Waals surface area contributed by atoms with Gasteiger partial charge in [-0.25, -0.2) is 0 Å². The fourth-order valence-electron chi connectivity index (χ4n) is 2.03. The van der Waals surface area contributed by atoms with Gasteiger partial charge in [-0.1, -0.05) is 13.8 Å². The molecule has 0 aromatic carbocycles. The van der Waals surface area contributed by atoms with Gasteiger partial charge in [0.25, 0.3) is 0 Å². The highest BCUT2D eigenvalue weighted by atomic mass is 16.3. The van der Waals surface area contributed by atoms with Crippen molar-refractivity contribution in [1.29, 1.82) is 0 Å². The molecule has 0 aromatic heterocycles. The predicted molar refractivity (Wildman–Crippen MR) is 54.7 cm³/mol. The van der Waals surface area contributed by atoms with Crippen molar-refractivity contribution in [2.45, 2.75) is 13.8 Å². The van der Waals surface area contributed by atoms with Crippen molar-refractivity contribution in [3.8, 4) is 0 Å². The van der Waals surface area contributed by atoms with Crippen LogP contribution in [0.1, 0.15) is 13.8 Å². The topological polar surface area (TPSA) is 35.5 Å². The zero-order valence-electron chi connectivity index (χ0n) is 8.79. The van der Waals surface area contributed by atoms with Gasteiger partial charge in [0.05, 0.1) is 0 Å².